The average molecular weight is 372 g/mol. The van der Waals surface area contributed by atoms with Gasteiger partial charge in [-0.25, -0.2) is 4.68 Å². The largest absolute Gasteiger partial charge is 0.460 e. The molecule has 0 unspecified atom stereocenters. The molecule has 1 aliphatic rings. The van der Waals surface area contributed by atoms with Crippen molar-refractivity contribution in [2.45, 2.75) is 32.0 Å². The number of likely N-dealkylation sites (tertiary alicyclic amines) is 1. The molecule has 2 aromatic heterocycles. The van der Waals surface area contributed by atoms with E-state index in [0.29, 0.717) is 17.6 Å². The molecule has 136 valence electrons. The highest BCUT2D eigenvalue weighted by atomic mass is 35.5. The number of nitrogens with zero attached hydrogens (tertiary/aromatic N) is 4. The SMILES string of the molecule is NCc1cn(C2CCN(Cc3ccc(-c4ccccc4Cl)o3)CC2)nn1. The molecule has 0 bridgehead atoms. The van der Waals surface area contributed by atoms with Crippen LogP contribution in [0.3, 0.4) is 0 Å². The monoisotopic (exact) mass is 371 g/mol. The summed E-state index contributed by atoms with van der Waals surface area (Å²) in [5.74, 6) is 1.78. The van der Waals surface area contributed by atoms with Crippen molar-refractivity contribution in [2.75, 3.05) is 13.1 Å². The number of benzene rings is 1. The second-order valence-corrected chi connectivity index (χ2v) is 7.05. The van der Waals surface area contributed by atoms with Gasteiger partial charge in [-0.15, -0.1) is 5.10 Å². The fourth-order valence-electron chi connectivity index (χ4n) is 3.42. The Morgan fingerprint density at radius 3 is 2.69 bits per heavy atom. The van der Waals surface area contributed by atoms with Gasteiger partial charge < -0.3 is 10.2 Å². The van der Waals surface area contributed by atoms with Crippen LogP contribution >= 0.6 is 11.6 Å². The van der Waals surface area contributed by atoms with Gasteiger partial charge in [0.1, 0.15) is 11.5 Å². The van der Waals surface area contributed by atoms with E-state index < -0.39 is 0 Å². The van der Waals surface area contributed by atoms with E-state index >= 15 is 0 Å². The molecule has 1 aliphatic heterocycles. The minimum Gasteiger partial charge on any atom is -0.460 e. The van der Waals surface area contributed by atoms with Crippen molar-refractivity contribution in [3.8, 4) is 11.3 Å². The van der Waals surface area contributed by atoms with Crippen LogP contribution in [0.15, 0.2) is 47.0 Å². The van der Waals surface area contributed by atoms with Crippen molar-refractivity contribution >= 4 is 11.6 Å². The lowest BCUT2D eigenvalue weighted by molar-refractivity contribution is 0.162. The summed E-state index contributed by atoms with van der Waals surface area (Å²) in [5.41, 5.74) is 7.39. The zero-order chi connectivity index (χ0) is 17.9. The van der Waals surface area contributed by atoms with E-state index in [-0.39, 0.29) is 0 Å². The van der Waals surface area contributed by atoms with Gasteiger partial charge in [0.05, 0.1) is 29.5 Å². The van der Waals surface area contributed by atoms with Gasteiger partial charge in [-0.2, -0.15) is 0 Å². The molecule has 7 heteroatoms. The highest BCUT2D eigenvalue weighted by molar-refractivity contribution is 6.33. The summed E-state index contributed by atoms with van der Waals surface area (Å²) in [5, 5.41) is 8.99. The summed E-state index contributed by atoms with van der Waals surface area (Å²) in [7, 11) is 0. The topological polar surface area (TPSA) is 73.1 Å². The number of nitrogens with two attached hydrogens (primary N) is 1. The zero-order valence-electron chi connectivity index (χ0n) is 14.5. The molecule has 3 aromatic rings. The molecular weight excluding hydrogens is 350 g/mol. The summed E-state index contributed by atoms with van der Waals surface area (Å²) in [6.45, 7) is 3.25. The lowest BCUT2D eigenvalue weighted by Gasteiger charge is -2.31. The minimum absolute atomic E-state index is 0.398. The maximum absolute atomic E-state index is 6.25. The Kier molecular flexibility index (Phi) is 5.06. The number of halogens is 1. The molecule has 6 nitrogen and oxygen atoms in total. The fourth-order valence-corrected chi connectivity index (χ4v) is 3.65. The molecule has 1 saturated heterocycles. The predicted molar refractivity (Wildman–Crippen MR) is 101 cm³/mol. The lowest BCUT2D eigenvalue weighted by atomic mass is 10.1. The van der Waals surface area contributed by atoms with Crippen LogP contribution in [0.5, 0.6) is 0 Å². The normalized spacial score (nSPS) is 16.2. The molecule has 0 radical (unpaired) electrons. The first-order chi connectivity index (χ1) is 12.7. The first-order valence-electron chi connectivity index (χ1n) is 8.89. The first-order valence-corrected chi connectivity index (χ1v) is 9.27. The van der Waals surface area contributed by atoms with Gasteiger partial charge in [-0.3, -0.25) is 4.90 Å². The number of hydrogen-bond acceptors (Lipinski definition) is 5. The second-order valence-electron chi connectivity index (χ2n) is 6.65. The van der Waals surface area contributed by atoms with E-state index in [1.54, 1.807) is 0 Å². The second kappa shape index (κ2) is 7.61. The van der Waals surface area contributed by atoms with E-state index in [9.17, 15) is 0 Å². The van der Waals surface area contributed by atoms with Gasteiger partial charge in [-0.1, -0.05) is 28.9 Å². The third-order valence-electron chi connectivity index (χ3n) is 4.88. The Morgan fingerprint density at radius 2 is 1.96 bits per heavy atom. The quantitative estimate of drug-likeness (QED) is 0.743. The molecule has 3 heterocycles. The summed E-state index contributed by atoms with van der Waals surface area (Å²) < 4.78 is 7.98. The average Bonchev–Trinajstić information content (AvgIpc) is 3.32. The number of rotatable bonds is 5. The molecule has 4 rings (SSSR count). The molecule has 1 aromatic carbocycles. The van der Waals surface area contributed by atoms with Crippen molar-refractivity contribution in [2.24, 2.45) is 5.73 Å². The molecule has 0 atom stereocenters. The van der Waals surface area contributed by atoms with Crippen molar-refractivity contribution < 1.29 is 4.42 Å². The Balaban J connectivity index is 1.35. The highest BCUT2D eigenvalue weighted by Gasteiger charge is 2.22. The zero-order valence-corrected chi connectivity index (χ0v) is 15.3. The molecular formula is C19H22ClN5O. The van der Waals surface area contributed by atoms with E-state index in [0.717, 1.165) is 55.3 Å². The highest BCUT2D eigenvalue weighted by Crippen LogP contribution is 2.30. The Bertz CT molecular complexity index is 866. The minimum atomic E-state index is 0.398. The summed E-state index contributed by atoms with van der Waals surface area (Å²) in [4.78, 5) is 2.41. The number of piperidine rings is 1. The fraction of sp³-hybridized carbons (Fsp3) is 0.368. The Morgan fingerprint density at radius 1 is 1.15 bits per heavy atom. The third kappa shape index (κ3) is 3.67. The van der Waals surface area contributed by atoms with Crippen LogP contribution in [0.1, 0.15) is 30.3 Å². The number of furan rings is 1. The van der Waals surface area contributed by atoms with Gasteiger partial charge >= 0.3 is 0 Å². The standard InChI is InChI=1S/C19H22ClN5O/c20-18-4-2-1-3-17(18)19-6-5-16(26-19)13-24-9-7-15(8-10-24)25-12-14(11-21)22-23-25/h1-6,12,15H,7-11,13,21H2. The first kappa shape index (κ1) is 17.3. The van der Waals surface area contributed by atoms with Crippen LogP contribution in [0.4, 0.5) is 0 Å². The van der Waals surface area contributed by atoms with Crippen LogP contribution < -0.4 is 5.73 Å². The number of aromatic nitrogens is 3. The molecule has 1 fully saturated rings. The maximum Gasteiger partial charge on any atom is 0.135 e. The van der Waals surface area contributed by atoms with Crippen molar-refractivity contribution in [3.05, 3.63) is 59.1 Å². The van der Waals surface area contributed by atoms with Crippen molar-refractivity contribution in [3.63, 3.8) is 0 Å². The third-order valence-corrected chi connectivity index (χ3v) is 5.21. The number of hydrogen-bond donors (Lipinski definition) is 1. The van der Waals surface area contributed by atoms with Gasteiger partial charge in [0.15, 0.2) is 0 Å². The predicted octanol–water partition coefficient (Wildman–Crippen LogP) is 3.49. The molecule has 26 heavy (non-hydrogen) atoms. The lowest BCUT2D eigenvalue weighted by Crippen LogP contribution is -2.34. The van der Waals surface area contributed by atoms with Crippen molar-refractivity contribution in [1.29, 1.82) is 0 Å². The van der Waals surface area contributed by atoms with E-state index in [1.807, 2.05) is 47.3 Å². The molecule has 0 saturated carbocycles. The van der Waals surface area contributed by atoms with Crippen LogP contribution in [0.25, 0.3) is 11.3 Å². The van der Waals surface area contributed by atoms with Crippen LogP contribution in [-0.4, -0.2) is 33.0 Å². The molecule has 0 aliphatic carbocycles. The van der Waals surface area contributed by atoms with Gasteiger partial charge in [-0.05, 0) is 37.1 Å². The summed E-state index contributed by atoms with van der Waals surface area (Å²) in [6.07, 6.45) is 4.06. The van der Waals surface area contributed by atoms with E-state index in [4.69, 9.17) is 21.8 Å². The van der Waals surface area contributed by atoms with Crippen LogP contribution in [0.2, 0.25) is 5.02 Å². The smallest absolute Gasteiger partial charge is 0.135 e. The van der Waals surface area contributed by atoms with Gasteiger partial charge in [0.2, 0.25) is 0 Å². The maximum atomic E-state index is 6.25. The Hall–Kier alpha value is -2.15. The molecule has 0 spiro atoms. The summed E-state index contributed by atoms with van der Waals surface area (Å²) in [6, 6.07) is 12.2. The van der Waals surface area contributed by atoms with E-state index in [1.165, 1.54) is 0 Å². The van der Waals surface area contributed by atoms with Crippen LogP contribution in [-0.2, 0) is 13.1 Å². The van der Waals surface area contributed by atoms with E-state index in [2.05, 4.69) is 15.2 Å². The van der Waals surface area contributed by atoms with Crippen molar-refractivity contribution in [1.82, 2.24) is 19.9 Å². The van der Waals surface area contributed by atoms with Gasteiger partial charge in [0, 0.05) is 25.2 Å². The molecule has 0 amide bonds. The van der Waals surface area contributed by atoms with Crippen LogP contribution in [0, 0.1) is 0 Å². The summed E-state index contributed by atoms with van der Waals surface area (Å²) >= 11 is 6.25. The van der Waals surface area contributed by atoms with Gasteiger partial charge in [0.25, 0.3) is 0 Å². The Labute approximate surface area is 157 Å². The molecule has 2 N–H and O–H groups in total.